The minimum Gasteiger partial charge on any atom is -0.342 e. The van der Waals surface area contributed by atoms with Crippen molar-refractivity contribution < 1.29 is 9.59 Å². The summed E-state index contributed by atoms with van der Waals surface area (Å²) in [4.78, 5) is 24.3. The smallest absolute Gasteiger partial charge is 0.273 e. The molecule has 26 heavy (non-hydrogen) atoms. The minimum atomic E-state index is -0.401. The first-order valence-electron chi connectivity index (χ1n) is 8.81. The van der Waals surface area contributed by atoms with Gasteiger partial charge in [-0.15, -0.1) is 5.10 Å². The lowest BCUT2D eigenvalue weighted by atomic mass is 10.1. The van der Waals surface area contributed by atoms with Crippen LogP contribution < -0.4 is 16.0 Å². The van der Waals surface area contributed by atoms with Crippen molar-refractivity contribution in [2.45, 2.75) is 32.7 Å². The number of aromatic nitrogens is 3. The van der Waals surface area contributed by atoms with Crippen molar-refractivity contribution in [3.63, 3.8) is 0 Å². The Bertz CT molecular complexity index is 774. The molecule has 3 N–H and O–H groups in total. The van der Waals surface area contributed by atoms with E-state index >= 15 is 0 Å². The molecule has 0 radical (unpaired) electrons. The zero-order valence-corrected chi connectivity index (χ0v) is 15.1. The Kier molecular flexibility index (Phi) is 5.62. The van der Waals surface area contributed by atoms with E-state index < -0.39 is 5.91 Å². The molecule has 0 bridgehead atoms. The summed E-state index contributed by atoms with van der Waals surface area (Å²) in [5.41, 5.74) is 2.97. The van der Waals surface area contributed by atoms with Crippen LogP contribution in [0.4, 0.5) is 5.69 Å². The number of amides is 2. The molecule has 8 heteroatoms. The molecule has 8 nitrogen and oxygen atoms in total. The van der Waals surface area contributed by atoms with E-state index in [0.29, 0.717) is 0 Å². The standard InChI is InChI=1S/C18H24N6O2/c1-12-4-3-5-13(2)17(12)21-16(25)10-20-18(26)15-11-24(23-22-15)14-6-8-19-9-7-14/h3-5,11,14,19H,6-10H2,1-2H3,(H,20,26)(H,21,25). The second-order valence-corrected chi connectivity index (χ2v) is 6.56. The molecule has 138 valence electrons. The van der Waals surface area contributed by atoms with Crippen molar-refractivity contribution in [2.75, 3.05) is 25.0 Å². The van der Waals surface area contributed by atoms with E-state index in [1.54, 1.807) is 10.9 Å². The number of para-hydroxylation sites is 1. The number of hydrogen-bond donors (Lipinski definition) is 3. The molecule has 3 rings (SSSR count). The maximum Gasteiger partial charge on any atom is 0.273 e. The number of rotatable bonds is 5. The number of carbonyl (C=O) groups is 2. The number of carbonyl (C=O) groups excluding carboxylic acids is 2. The van der Waals surface area contributed by atoms with Crippen LogP contribution in [-0.2, 0) is 4.79 Å². The predicted octanol–water partition coefficient (Wildman–Crippen LogP) is 1.19. The van der Waals surface area contributed by atoms with E-state index in [2.05, 4.69) is 26.3 Å². The highest BCUT2D eigenvalue weighted by atomic mass is 16.2. The van der Waals surface area contributed by atoms with Crippen LogP contribution in [0.1, 0.15) is 40.5 Å². The number of anilines is 1. The Morgan fingerprint density at radius 1 is 1.23 bits per heavy atom. The first-order valence-corrected chi connectivity index (χ1v) is 8.81. The lowest BCUT2D eigenvalue weighted by Crippen LogP contribution is -2.33. The van der Waals surface area contributed by atoms with Gasteiger partial charge < -0.3 is 16.0 Å². The molecule has 1 saturated heterocycles. The molecule has 0 spiro atoms. The molecule has 1 aromatic heterocycles. The number of hydrogen-bond acceptors (Lipinski definition) is 5. The van der Waals surface area contributed by atoms with Crippen LogP contribution in [0.2, 0.25) is 0 Å². The van der Waals surface area contributed by atoms with Crippen LogP contribution in [0.15, 0.2) is 24.4 Å². The van der Waals surface area contributed by atoms with Gasteiger partial charge in [-0.05, 0) is 50.9 Å². The van der Waals surface area contributed by atoms with E-state index in [-0.39, 0.29) is 24.2 Å². The SMILES string of the molecule is Cc1cccc(C)c1NC(=O)CNC(=O)c1cn(C2CCNCC2)nn1. The van der Waals surface area contributed by atoms with E-state index in [1.165, 1.54) is 0 Å². The first-order chi connectivity index (χ1) is 12.5. The summed E-state index contributed by atoms with van der Waals surface area (Å²) in [6, 6.07) is 6.06. The summed E-state index contributed by atoms with van der Waals surface area (Å²) in [5, 5.41) is 16.7. The van der Waals surface area contributed by atoms with E-state index in [4.69, 9.17) is 0 Å². The molecule has 1 aromatic carbocycles. The molecule has 1 aliphatic heterocycles. The predicted molar refractivity (Wildman–Crippen MR) is 98.0 cm³/mol. The number of nitrogens with zero attached hydrogens (tertiary/aromatic N) is 3. The van der Waals surface area contributed by atoms with E-state index in [9.17, 15) is 9.59 Å². The number of piperidine rings is 1. The fourth-order valence-corrected chi connectivity index (χ4v) is 3.08. The molecule has 2 heterocycles. The third kappa shape index (κ3) is 4.26. The maximum absolute atomic E-state index is 12.2. The van der Waals surface area contributed by atoms with Gasteiger partial charge in [-0.2, -0.15) is 0 Å². The Morgan fingerprint density at radius 2 is 1.92 bits per heavy atom. The van der Waals surface area contributed by atoms with Crippen molar-refractivity contribution in [1.82, 2.24) is 25.6 Å². The highest BCUT2D eigenvalue weighted by Gasteiger charge is 2.19. The van der Waals surface area contributed by atoms with Crippen molar-refractivity contribution >= 4 is 17.5 Å². The number of benzene rings is 1. The second-order valence-electron chi connectivity index (χ2n) is 6.56. The van der Waals surface area contributed by atoms with Gasteiger partial charge in [-0.25, -0.2) is 4.68 Å². The molecule has 0 aliphatic carbocycles. The molecule has 0 saturated carbocycles. The Hall–Kier alpha value is -2.74. The largest absolute Gasteiger partial charge is 0.342 e. The highest BCUT2D eigenvalue weighted by Crippen LogP contribution is 2.19. The maximum atomic E-state index is 12.2. The molecule has 0 unspecified atom stereocenters. The third-order valence-corrected chi connectivity index (χ3v) is 4.58. The topological polar surface area (TPSA) is 101 Å². The molecule has 1 fully saturated rings. The minimum absolute atomic E-state index is 0.118. The van der Waals surface area contributed by atoms with Crippen molar-refractivity contribution in [2.24, 2.45) is 0 Å². The molecule has 1 aliphatic rings. The fraction of sp³-hybridized carbons (Fsp3) is 0.444. The van der Waals surface area contributed by atoms with Crippen molar-refractivity contribution in [1.29, 1.82) is 0 Å². The van der Waals surface area contributed by atoms with Gasteiger partial charge in [0.05, 0.1) is 18.8 Å². The summed E-state index contributed by atoms with van der Waals surface area (Å²) >= 11 is 0. The summed E-state index contributed by atoms with van der Waals surface area (Å²) < 4.78 is 1.74. The average molecular weight is 356 g/mol. The van der Waals surface area contributed by atoms with Gasteiger partial charge in [0, 0.05) is 5.69 Å². The zero-order valence-electron chi connectivity index (χ0n) is 15.1. The van der Waals surface area contributed by atoms with Gasteiger partial charge in [0.2, 0.25) is 5.91 Å². The van der Waals surface area contributed by atoms with E-state index in [0.717, 1.165) is 42.7 Å². The van der Waals surface area contributed by atoms with Crippen LogP contribution >= 0.6 is 0 Å². The number of aryl methyl sites for hydroxylation is 2. The summed E-state index contributed by atoms with van der Waals surface area (Å²) in [7, 11) is 0. The quantitative estimate of drug-likeness (QED) is 0.747. The van der Waals surface area contributed by atoms with Gasteiger partial charge in [0.15, 0.2) is 5.69 Å². The fourth-order valence-electron chi connectivity index (χ4n) is 3.08. The summed E-state index contributed by atoms with van der Waals surface area (Å²) in [6.45, 7) is 5.61. The summed E-state index contributed by atoms with van der Waals surface area (Å²) in [6.07, 6.45) is 3.57. The number of nitrogens with one attached hydrogen (secondary N) is 3. The van der Waals surface area contributed by atoms with E-state index in [1.807, 2.05) is 32.0 Å². The third-order valence-electron chi connectivity index (χ3n) is 4.58. The highest BCUT2D eigenvalue weighted by molar-refractivity contribution is 5.98. The summed E-state index contributed by atoms with van der Waals surface area (Å²) in [5.74, 6) is -0.677. The molecular weight excluding hydrogens is 332 g/mol. The normalized spacial score (nSPS) is 14.8. The van der Waals surface area contributed by atoms with Gasteiger partial charge in [-0.1, -0.05) is 23.4 Å². The lowest BCUT2D eigenvalue weighted by Gasteiger charge is -2.22. The molecule has 2 aromatic rings. The van der Waals surface area contributed by atoms with Crippen LogP contribution in [0.5, 0.6) is 0 Å². The van der Waals surface area contributed by atoms with Crippen molar-refractivity contribution in [3.05, 3.63) is 41.2 Å². The van der Waals surface area contributed by atoms with Gasteiger partial charge in [0.1, 0.15) is 0 Å². The van der Waals surface area contributed by atoms with Gasteiger partial charge >= 0.3 is 0 Å². The van der Waals surface area contributed by atoms with Crippen LogP contribution in [-0.4, -0.2) is 46.4 Å². The second kappa shape index (κ2) is 8.09. The first kappa shape index (κ1) is 18.1. The monoisotopic (exact) mass is 356 g/mol. The Labute approximate surface area is 152 Å². The van der Waals surface area contributed by atoms with Crippen LogP contribution in [0.3, 0.4) is 0 Å². The molecular formula is C18H24N6O2. The average Bonchev–Trinajstić information content (AvgIpc) is 3.14. The Balaban J connectivity index is 1.53. The lowest BCUT2D eigenvalue weighted by molar-refractivity contribution is -0.115. The van der Waals surface area contributed by atoms with Gasteiger partial charge in [-0.3, -0.25) is 9.59 Å². The van der Waals surface area contributed by atoms with Crippen molar-refractivity contribution in [3.8, 4) is 0 Å². The molecule has 0 atom stereocenters. The zero-order chi connectivity index (χ0) is 18.5. The molecule has 2 amide bonds. The van der Waals surface area contributed by atoms with Crippen LogP contribution in [0, 0.1) is 13.8 Å². The van der Waals surface area contributed by atoms with Gasteiger partial charge in [0.25, 0.3) is 5.91 Å². The Morgan fingerprint density at radius 3 is 2.62 bits per heavy atom. The van der Waals surface area contributed by atoms with Crippen LogP contribution in [0.25, 0.3) is 0 Å².